The summed E-state index contributed by atoms with van der Waals surface area (Å²) in [5.74, 6) is 1.15. The van der Waals surface area contributed by atoms with Gasteiger partial charge >= 0.3 is 0 Å². The Morgan fingerprint density at radius 1 is 1.20 bits per heavy atom. The number of phenolic OH excluding ortho intramolecular Hbond substituents is 1. The minimum Gasteiger partial charge on any atom is -0.507 e. The van der Waals surface area contributed by atoms with Crippen LogP contribution in [0.15, 0.2) is 22.7 Å². The number of hydrogen-bond acceptors (Lipinski definition) is 6. The van der Waals surface area contributed by atoms with Gasteiger partial charge in [-0.2, -0.15) is 4.98 Å². The largest absolute Gasteiger partial charge is 0.507 e. The molecule has 0 bridgehead atoms. The van der Waals surface area contributed by atoms with E-state index in [0.717, 1.165) is 31.7 Å². The standard InChI is InChI=1S/C14H18N4O2/c1-10-4-3-5-11(12(10)19)13-15-14(16-20-13)18-8-6-17(2)7-9-18/h3-5,19H,6-9H2,1-2H3. The van der Waals surface area contributed by atoms with E-state index in [2.05, 4.69) is 27.0 Å². The molecule has 0 amide bonds. The summed E-state index contributed by atoms with van der Waals surface area (Å²) in [7, 11) is 2.10. The fourth-order valence-electron chi connectivity index (χ4n) is 2.29. The van der Waals surface area contributed by atoms with E-state index in [9.17, 15) is 5.11 Å². The maximum absolute atomic E-state index is 10.1. The van der Waals surface area contributed by atoms with Gasteiger partial charge in [0.2, 0.25) is 0 Å². The fraction of sp³-hybridized carbons (Fsp3) is 0.429. The average Bonchev–Trinajstić information content (AvgIpc) is 2.92. The second-order valence-electron chi connectivity index (χ2n) is 5.16. The van der Waals surface area contributed by atoms with Crippen LogP contribution in [-0.4, -0.2) is 53.4 Å². The molecule has 2 aromatic rings. The Labute approximate surface area is 117 Å². The predicted molar refractivity (Wildman–Crippen MR) is 75.8 cm³/mol. The smallest absolute Gasteiger partial charge is 0.266 e. The quantitative estimate of drug-likeness (QED) is 0.895. The lowest BCUT2D eigenvalue weighted by Gasteiger charge is -2.31. The van der Waals surface area contributed by atoms with Crippen LogP contribution >= 0.6 is 0 Å². The van der Waals surface area contributed by atoms with Gasteiger partial charge < -0.3 is 19.4 Å². The number of aromatic hydroxyl groups is 1. The lowest BCUT2D eigenvalue weighted by atomic mass is 10.1. The van der Waals surface area contributed by atoms with Crippen LogP contribution in [-0.2, 0) is 0 Å². The van der Waals surface area contributed by atoms with Crippen molar-refractivity contribution >= 4 is 5.95 Å². The summed E-state index contributed by atoms with van der Waals surface area (Å²) in [6.45, 7) is 5.58. The van der Waals surface area contributed by atoms with Crippen LogP contribution in [0.25, 0.3) is 11.5 Å². The molecule has 1 N–H and O–H groups in total. The molecule has 3 rings (SSSR count). The predicted octanol–water partition coefficient (Wildman–Crippen LogP) is 1.50. The zero-order valence-electron chi connectivity index (χ0n) is 11.7. The molecule has 1 fully saturated rings. The van der Waals surface area contributed by atoms with Crippen molar-refractivity contribution in [2.45, 2.75) is 6.92 Å². The van der Waals surface area contributed by atoms with Crippen LogP contribution < -0.4 is 4.90 Å². The number of likely N-dealkylation sites (N-methyl/N-ethyl adjacent to an activating group) is 1. The molecule has 0 radical (unpaired) electrons. The highest BCUT2D eigenvalue weighted by Gasteiger charge is 2.20. The Kier molecular flexibility index (Phi) is 3.31. The number of hydrogen-bond donors (Lipinski definition) is 1. The van der Waals surface area contributed by atoms with E-state index in [1.807, 2.05) is 19.1 Å². The van der Waals surface area contributed by atoms with Gasteiger partial charge in [0.05, 0.1) is 5.56 Å². The number of phenols is 1. The highest BCUT2D eigenvalue weighted by Crippen LogP contribution is 2.31. The number of anilines is 1. The summed E-state index contributed by atoms with van der Waals surface area (Å²) in [5.41, 5.74) is 1.37. The number of piperazine rings is 1. The van der Waals surface area contributed by atoms with Crippen molar-refractivity contribution in [3.8, 4) is 17.2 Å². The lowest BCUT2D eigenvalue weighted by molar-refractivity contribution is 0.309. The van der Waals surface area contributed by atoms with E-state index >= 15 is 0 Å². The third kappa shape index (κ3) is 2.34. The van der Waals surface area contributed by atoms with Gasteiger partial charge in [0, 0.05) is 26.2 Å². The highest BCUT2D eigenvalue weighted by atomic mass is 16.5. The Bertz CT molecular complexity index is 603. The van der Waals surface area contributed by atoms with Crippen molar-refractivity contribution in [1.29, 1.82) is 0 Å². The number of nitrogens with zero attached hydrogens (tertiary/aromatic N) is 4. The van der Waals surface area contributed by atoms with Gasteiger partial charge in [0.15, 0.2) is 0 Å². The molecule has 1 saturated heterocycles. The molecule has 0 atom stereocenters. The van der Waals surface area contributed by atoms with E-state index in [1.54, 1.807) is 6.07 Å². The summed E-state index contributed by atoms with van der Waals surface area (Å²) in [6, 6.07) is 5.49. The summed E-state index contributed by atoms with van der Waals surface area (Å²) < 4.78 is 5.29. The van der Waals surface area contributed by atoms with Crippen LogP contribution in [0.3, 0.4) is 0 Å². The van der Waals surface area contributed by atoms with Crippen molar-refractivity contribution in [2.24, 2.45) is 0 Å². The normalized spacial score (nSPS) is 16.6. The van der Waals surface area contributed by atoms with E-state index in [1.165, 1.54) is 0 Å². The first-order valence-corrected chi connectivity index (χ1v) is 6.71. The van der Waals surface area contributed by atoms with E-state index in [-0.39, 0.29) is 5.75 Å². The van der Waals surface area contributed by atoms with Crippen molar-refractivity contribution < 1.29 is 9.63 Å². The zero-order valence-corrected chi connectivity index (χ0v) is 11.7. The molecule has 1 aliphatic heterocycles. The molecule has 0 unspecified atom stereocenters. The minimum absolute atomic E-state index is 0.195. The molecule has 0 aliphatic carbocycles. The zero-order chi connectivity index (χ0) is 14.1. The van der Waals surface area contributed by atoms with Crippen molar-refractivity contribution in [1.82, 2.24) is 15.0 Å². The molecular formula is C14H18N4O2. The second kappa shape index (κ2) is 5.13. The molecule has 1 aromatic heterocycles. The van der Waals surface area contributed by atoms with Crippen LogP contribution in [0.1, 0.15) is 5.56 Å². The third-order valence-corrected chi connectivity index (χ3v) is 3.67. The first-order chi connectivity index (χ1) is 9.65. The highest BCUT2D eigenvalue weighted by molar-refractivity contribution is 5.65. The molecule has 0 spiro atoms. The van der Waals surface area contributed by atoms with Crippen molar-refractivity contribution in [3.63, 3.8) is 0 Å². The van der Waals surface area contributed by atoms with Crippen molar-refractivity contribution in [2.75, 3.05) is 38.1 Å². The summed E-state index contributed by atoms with van der Waals surface area (Å²) >= 11 is 0. The minimum atomic E-state index is 0.195. The SMILES string of the molecule is Cc1cccc(-c2nc(N3CCN(C)CC3)no2)c1O. The third-order valence-electron chi connectivity index (χ3n) is 3.67. The van der Waals surface area contributed by atoms with Crippen LogP contribution in [0, 0.1) is 6.92 Å². The molecule has 6 nitrogen and oxygen atoms in total. The summed E-state index contributed by atoms with van der Waals surface area (Å²) in [5, 5.41) is 14.1. The molecule has 20 heavy (non-hydrogen) atoms. The number of rotatable bonds is 2. The van der Waals surface area contributed by atoms with Crippen LogP contribution in [0.2, 0.25) is 0 Å². The van der Waals surface area contributed by atoms with Gasteiger partial charge in [-0.1, -0.05) is 12.1 Å². The van der Waals surface area contributed by atoms with E-state index in [4.69, 9.17) is 4.52 Å². The van der Waals surface area contributed by atoms with E-state index < -0.39 is 0 Å². The molecule has 106 valence electrons. The van der Waals surface area contributed by atoms with Crippen molar-refractivity contribution in [3.05, 3.63) is 23.8 Å². The summed E-state index contributed by atoms with van der Waals surface area (Å²) in [6.07, 6.45) is 0. The van der Waals surface area contributed by atoms with Gasteiger partial charge in [0.25, 0.3) is 11.8 Å². The topological polar surface area (TPSA) is 65.6 Å². The van der Waals surface area contributed by atoms with Gasteiger partial charge in [-0.05, 0) is 30.8 Å². The van der Waals surface area contributed by atoms with Crippen LogP contribution in [0.5, 0.6) is 5.75 Å². The van der Waals surface area contributed by atoms with Gasteiger partial charge in [-0.15, -0.1) is 0 Å². The second-order valence-corrected chi connectivity index (χ2v) is 5.16. The molecule has 1 aromatic carbocycles. The number of benzene rings is 1. The Balaban J connectivity index is 1.85. The Morgan fingerprint density at radius 3 is 2.70 bits per heavy atom. The van der Waals surface area contributed by atoms with Crippen LogP contribution in [0.4, 0.5) is 5.95 Å². The van der Waals surface area contributed by atoms with Gasteiger partial charge in [0.1, 0.15) is 5.75 Å². The van der Waals surface area contributed by atoms with Gasteiger partial charge in [-0.25, -0.2) is 0 Å². The molecule has 0 saturated carbocycles. The maximum Gasteiger partial charge on any atom is 0.266 e. The molecule has 1 aliphatic rings. The monoisotopic (exact) mass is 274 g/mol. The van der Waals surface area contributed by atoms with Gasteiger partial charge in [-0.3, -0.25) is 0 Å². The first-order valence-electron chi connectivity index (χ1n) is 6.71. The molecule has 6 heteroatoms. The molecule has 2 heterocycles. The Hall–Kier alpha value is -2.08. The lowest BCUT2D eigenvalue weighted by Crippen LogP contribution is -2.44. The fourth-order valence-corrected chi connectivity index (χ4v) is 2.29. The summed E-state index contributed by atoms with van der Waals surface area (Å²) in [4.78, 5) is 8.77. The Morgan fingerprint density at radius 2 is 1.95 bits per heavy atom. The first kappa shape index (κ1) is 12.9. The number of aryl methyl sites for hydroxylation is 1. The van der Waals surface area contributed by atoms with E-state index in [0.29, 0.717) is 17.4 Å². The molecular weight excluding hydrogens is 256 g/mol. The maximum atomic E-state index is 10.1. The number of para-hydroxylation sites is 1. The average molecular weight is 274 g/mol. The number of aromatic nitrogens is 2.